The van der Waals surface area contributed by atoms with Gasteiger partial charge in [-0.3, -0.25) is 10.1 Å². The summed E-state index contributed by atoms with van der Waals surface area (Å²) in [5.74, 6) is -0.945. The second kappa shape index (κ2) is 5.19. The number of hydrogen-bond donors (Lipinski definition) is 0. The molecule has 0 unspecified atom stereocenters. The van der Waals surface area contributed by atoms with Gasteiger partial charge in [-0.1, -0.05) is 0 Å². The number of benzene rings is 1. The molecule has 1 aromatic carbocycles. The molecule has 0 aromatic heterocycles. The normalized spacial score (nSPS) is 11.4. The van der Waals surface area contributed by atoms with Gasteiger partial charge in [0.2, 0.25) is 0 Å². The zero-order chi connectivity index (χ0) is 13.9. The third-order valence-corrected chi connectivity index (χ3v) is 2.20. The molecular weight excluding hydrogens is 256 g/mol. The minimum Gasteiger partial charge on any atom is -0.363 e. The van der Waals surface area contributed by atoms with Crippen LogP contribution in [0, 0.1) is 15.9 Å². The lowest BCUT2D eigenvalue weighted by Crippen LogP contribution is -2.34. The van der Waals surface area contributed by atoms with Crippen LogP contribution in [0.5, 0.6) is 0 Å². The number of nitro groups is 1. The van der Waals surface area contributed by atoms with Crippen LogP contribution in [0.15, 0.2) is 18.2 Å². The Morgan fingerprint density at radius 3 is 2.39 bits per heavy atom. The first-order valence-electron chi connectivity index (χ1n) is 4.99. The molecule has 0 atom stereocenters. The molecule has 0 N–H and O–H groups in total. The van der Waals surface area contributed by atoms with Gasteiger partial charge in [-0.25, -0.2) is 4.39 Å². The number of non-ortho nitro benzene ring substituents is 1. The molecule has 8 heteroatoms. The van der Waals surface area contributed by atoms with E-state index in [2.05, 4.69) is 0 Å². The van der Waals surface area contributed by atoms with Gasteiger partial charge in [0.05, 0.1) is 11.0 Å². The number of rotatable bonds is 4. The van der Waals surface area contributed by atoms with Crippen molar-refractivity contribution >= 4 is 11.4 Å². The summed E-state index contributed by atoms with van der Waals surface area (Å²) in [4.78, 5) is 10.5. The van der Waals surface area contributed by atoms with Gasteiger partial charge >= 0.3 is 6.18 Å². The molecular formula is C10H10F4N2O2. The summed E-state index contributed by atoms with van der Waals surface area (Å²) in [6.45, 7) is 0.118. The van der Waals surface area contributed by atoms with Gasteiger partial charge in [-0.05, 0) is 13.0 Å². The van der Waals surface area contributed by atoms with E-state index in [0.29, 0.717) is 6.07 Å². The predicted molar refractivity (Wildman–Crippen MR) is 57.0 cm³/mol. The molecule has 4 nitrogen and oxygen atoms in total. The average molecular weight is 266 g/mol. The zero-order valence-electron chi connectivity index (χ0n) is 9.37. The van der Waals surface area contributed by atoms with Crippen LogP contribution >= 0.6 is 0 Å². The van der Waals surface area contributed by atoms with Crippen molar-refractivity contribution < 1.29 is 22.5 Å². The summed E-state index contributed by atoms with van der Waals surface area (Å²) in [6.07, 6.45) is -4.46. The Hall–Kier alpha value is -1.86. The quantitative estimate of drug-likeness (QED) is 0.478. The fraction of sp³-hybridized carbons (Fsp3) is 0.400. The zero-order valence-corrected chi connectivity index (χ0v) is 9.37. The first kappa shape index (κ1) is 14.2. The van der Waals surface area contributed by atoms with Crippen LogP contribution in [-0.2, 0) is 0 Å². The Morgan fingerprint density at radius 1 is 1.33 bits per heavy atom. The van der Waals surface area contributed by atoms with Crippen LogP contribution in [0.4, 0.5) is 28.9 Å². The van der Waals surface area contributed by atoms with E-state index in [1.807, 2.05) is 0 Å². The Morgan fingerprint density at radius 2 is 1.94 bits per heavy atom. The summed E-state index contributed by atoms with van der Waals surface area (Å²) >= 11 is 0. The topological polar surface area (TPSA) is 46.4 Å². The van der Waals surface area contributed by atoms with Crippen LogP contribution in [-0.4, -0.2) is 24.2 Å². The van der Waals surface area contributed by atoms with Crippen molar-refractivity contribution in [3.05, 3.63) is 34.1 Å². The fourth-order valence-electron chi connectivity index (χ4n) is 1.45. The maximum absolute atomic E-state index is 13.1. The van der Waals surface area contributed by atoms with Gasteiger partial charge in [0.25, 0.3) is 5.69 Å². The molecule has 0 radical (unpaired) electrons. The number of hydrogen-bond acceptors (Lipinski definition) is 3. The van der Waals surface area contributed by atoms with E-state index < -0.39 is 29.1 Å². The van der Waals surface area contributed by atoms with Gasteiger partial charge in [-0.2, -0.15) is 13.2 Å². The molecule has 1 rings (SSSR count). The highest BCUT2D eigenvalue weighted by atomic mass is 19.4. The molecule has 0 aliphatic carbocycles. The molecule has 1 aromatic rings. The van der Waals surface area contributed by atoms with E-state index >= 15 is 0 Å². The fourth-order valence-corrected chi connectivity index (χ4v) is 1.45. The van der Waals surface area contributed by atoms with Gasteiger partial charge < -0.3 is 4.90 Å². The molecule has 0 heterocycles. The number of anilines is 1. The van der Waals surface area contributed by atoms with Gasteiger partial charge in [0.15, 0.2) is 0 Å². The summed E-state index contributed by atoms with van der Waals surface area (Å²) in [5.41, 5.74) is -0.743. The molecule has 0 bridgehead atoms. The van der Waals surface area contributed by atoms with E-state index in [1.54, 1.807) is 0 Å². The van der Waals surface area contributed by atoms with Gasteiger partial charge in [0, 0.05) is 18.3 Å². The Bertz CT molecular complexity index is 448. The maximum Gasteiger partial charge on any atom is 0.405 e. The van der Waals surface area contributed by atoms with Gasteiger partial charge in [-0.15, -0.1) is 0 Å². The Kier molecular flexibility index (Phi) is 4.10. The lowest BCUT2D eigenvalue weighted by atomic mass is 10.2. The minimum absolute atomic E-state index is 0.0415. The van der Waals surface area contributed by atoms with Crippen LogP contribution in [0.25, 0.3) is 0 Å². The standard InChI is InChI=1S/C10H10F4N2O2/c1-2-15(6-10(12,13)14)8-3-7(11)4-9(5-8)16(17)18/h3-5H,2,6H2,1H3. The van der Waals surface area contributed by atoms with E-state index in [4.69, 9.17) is 0 Å². The largest absolute Gasteiger partial charge is 0.405 e. The second-order valence-corrected chi connectivity index (χ2v) is 3.55. The van der Waals surface area contributed by atoms with Crippen LogP contribution in [0.3, 0.4) is 0 Å². The van der Waals surface area contributed by atoms with Crippen molar-refractivity contribution in [1.29, 1.82) is 0 Å². The smallest absolute Gasteiger partial charge is 0.363 e. The molecule has 0 aliphatic heterocycles. The summed E-state index contributed by atoms with van der Waals surface area (Å²) in [7, 11) is 0. The SMILES string of the molecule is CCN(CC(F)(F)F)c1cc(F)cc([N+](=O)[O-])c1. The van der Waals surface area contributed by atoms with Crippen LogP contribution in [0.2, 0.25) is 0 Å². The number of alkyl halides is 3. The molecule has 0 fully saturated rings. The summed E-state index contributed by atoms with van der Waals surface area (Å²) < 4.78 is 49.9. The Balaban J connectivity index is 3.09. The highest BCUT2D eigenvalue weighted by Gasteiger charge is 2.31. The Labute approximate surface area is 100.0 Å². The van der Waals surface area contributed by atoms with E-state index in [9.17, 15) is 27.7 Å². The van der Waals surface area contributed by atoms with Crippen molar-refractivity contribution in [3.8, 4) is 0 Å². The molecule has 0 spiro atoms. The lowest BCUT2D eigenvalue weighted by Gasteiger charge is -2.24. The first-order chi connectivity index (χ1) is 8.23. The highest BCUT2D eigenvalue weighted by molar-refractivity contribution is 5.53. The number of nitrogens with zero attached hydrogens (tertiary/aromatic N) is 2. The monoisotopic (exact) mass is 266 g/mol. The highest BCUT2D eigenvalue weighted by Crippen LogP contribution is 2.26. The summed E-state index contributed by atoms with van der Waals surface area (Å²) in [5, 5.41) is 10.5. The van der Waals surface area contributed by atoms with Crippen molar-refractivity contribution in [3.63, 3.8) is 0 Å². The second-order valence-electron chi connectivity index (χ2n) is 3.55. The minimum atomic E-state index is -4.46. The van der Waals surface area contributed by atoms with Crippen molar-refractivity contribution in [2.75, 3.05) is 18.0 Å². The van der Waals surface area contributed by atoms with E-state index in [0.717, 1.165) is 17.0 Å². The summed E-state index contributed by atoms with van der Waals surface area (Å²) in [6, 6.07) is 2.41. The predicted octanol–water partition coefficient (Wildman–Crippen LogP) is 3.12. The third-order valence-electron chi connectivity index (χ3n) is 2.20. The maximum atomic E-state index is 13.1. The third kappa shape index (κ3) is 3.86. The van der Waals surface area contributed by atoms with Gasteiger partial charge in [0.1, 0.15) is 12.4 Å². The number of halogens is 4. The number of nitro benzene ring substituents is 1. The molecule has 0 aliphatic rings. The average Bonchev–Trinajstić information content (AvgIpc) is 2.23. The molecule has 0 amide bonds. The lowest BCUT2D eigenvalue weighted by molar-refractivity contribution is -0.385. The van der Waals surface area contributed by atoms with E-state index in [1.165, 1.54) is 6.92 Å². The van der Waals surface area contributed by atoms with Crippen molar-refractivity contribution in [2.24, 2.45) is 0 Å². The van der Waals surface area contributed by atoms with Crippen molar-refractivity contribution in [1.82, 2.24) is 0 Å². The first-order valence-corrected chi connectivity index (χ1v) is 4.99. The van der Waals surface area contributed by atoms with E-state index in [-0.39, 0.29) is 12.2 Å². The van der Waals surface area contributed by atoms with Crippen LogP contribution in [0.1, 0.15) is 6.92 Å². The molecule has 0 saturated heterocycles. The van der Waals surface area contributed by atoms with Crippen molar-refractivity contribution in [2.45, 2.75) is 13.1 Å². The molecule has 18 heavy (non-hydrogen) atoms. The van der Waals surface area contributed by atoms with Crippen LogP contribution < -0.4 is 4.90 Å². The molecule has 0 saturated carbocycles. The molecule has 100 valence electrons.